The molecule has 0 unspecified atom stereocenters. The first-order valence-corrected chi connectivity index (χ1v) is 7.99. The molecule has 5 heteroatoms. The number of amides is 1. The lowest BCUT2D eigenvalue weighted by molar-refractivity contribution is -0.122. The fraction of sp³-hybridized carbons (Fsp3) is 0.643. The van der Waals surface area contributed by atoms with Gasteiger partial charge < -0.3 is 10.6 Å². The van der Waals surface area contributed by atoms with Crippen LogP contribution in [0.25, 0.3) is 0 Å². The quantitative estimate of drug-likeness (QED) is 0.863. The Hall–Kier alpha value is -0.910. The van der Waals surface area contributed by atoms with Crippen LogP contribution in [-0.2, 0) is 17.8 Å². The Balaban J connectivity index is 1.40. The predicted octanol–water partition coefficient (Wildman–Crippen LogP) is 0.974. The second-order valence-corrected chi connectivity index (χ2v) is 6.34. The third-order valence-electron chi connectivity index (χ3n) is 3.99. The maximum absolute atomic E-state index is 11.9. The highest BCUT2D eigenvalue weighted by Crippen LogP contribution is 2.23. The molecule has 1 aromatic heterocycles. The Morgan fingerprint density at radius 1 is 1.58 bits per heavy atom. The van der Waals surface area contributed by atoms with E-state index in [2.05, 4.69) is 27.0 Å². The van der Waals surface area contributed by atoms with E-state index >= 15 is 0 Å². The molecular formula is C14H21N3OS. The van der Waals surface area contributed by atoms with Crippen molar-refractivity contribution >= 4 is 17.2 Å². The highest BCUT2D eigenvalue weighted by Gasteiger charge is 2.22. The number of carbonyl (C=O) groups is 1. The van der Waals surface area contributed by atoms with Crippen molar-refractivity contribution in [3.05, 3.63) is 21.9 Å². The van der Waals surface area contributed by atoms with Crippen LogP contribution in [0.3, 0.4) is 0 Å². The number of hydrogen-bond donors (Lipinski definition) is 2. The first-order chi connectivity index (χ1) is 9.33. The summed E-state index contributed by atoms with van der Waals surface area (Å²) in [6.07, 6.45) is 3.25. The molecule has 2 N–H and O–H groups in total. The van der Waals surface area contributed by atoms with Crippen molar-refractivity contribution in [3.8, 4) is 0 Å². The Morgan fingerprint density at radius 2 is 2.53 bits per heavy atom. The molecule has 0 spiro atoms. The number of rotatable bonds is 4. The van der Waals surface area contributed by atoms with Crippen LogP contribution in [0, 0.1) is 0 Å². The molecule has 1 fully saturated rings. The second-order valence-electron chi connectivity index (χ2n) is 5.34. The minimum Gasteiger partial charge on any atom is -0.353 e. The zero-order valence-electron chi connectivity index (χ0n) is 11.2. The molecule has 1 saturated heterocycles. The maximum atomic E-state index is 11.9. The molecule has 1 aromatic rings. The lowest BCUT2D eigenvalue weighted by atomic mass is 10.1. The summed E-state index contributed by atoms with van der Waals surface area (Å²) in [6, 6.07) is 2.28. The number of carbonyl (C=O) groups excluding carboxylic acids is 1. The molecule has 2 aliphatic heterocycles. The van der Waals surface area contributed by atoms with Crippen LogP contribution in [0.2, 0.25) is 0 Å². The van der Waals surface area contributed by atoms with E-state index in [4.69, 9.17) is 0 Å². The molecule has 19 heavy (non-hydrogen) atoms. The maximum Gasteiger partial charge on any atom is 0.237 e. The highest BCUT2D eigenvalue weighted by atomic mass is 32.1. The van der Waals surface area contributed by atoms with Crippen molar-refractivity contribution in [1.29, 1.82) is 0 Å². The highest BCUT2D eigenvalue weighted by molar-refractivity contribution is 7.10. The van der Waals surface area contributed by atoms with E-state index in [9.17, 15) is 4.79 Å². The average molecular weight is 279 g/mol. The van der Waals surface area contributed by atoms with Crippen molar-refractivity contribution in [3.63, 3.8) is 0 Å². The molecule has 104 valence electrons. The van der Waals surface area contributed by atoms with Crippen LogP contribution < -0.4 is 10.6 Å². The second kappa shape index (κ2) is 6.03. The minimum atomic E-state index is 0.0461. The summed E-state index contributed by atoms with van der Waals surface area (Å²) in [5, 5.41) is 8.46. The SMILES string of the molecule is O=C(NCCN1CCc2sccc2C1)[C@@H]1CCCN1. The molecule has 3 rings (SSSR count). The number of nitrogens with one attached hydrogen (secondary N) is 2. The van der Waals surface area contributed by atoms with E-state index < -0.39 is 0 Å². The van der Waals surface area contributed by atoms with Gasteiger partial charge in [-0.3, -0.25) is 9.69 Å². The fourth-order valence-electron chi connectivity index (χ4n) is 2.87. The first-order valence-electron chi connectivity index (χ1n) is 7.11. The van der Waals surface area contributed by atoms with Gasteiger partial charge in [-0.1, -0.05) is 0 Å². The summed E-state index contributed by atoms with van der Waals surface area (Å²) in [7, 11) is 0. The van der Waals surface area contributed by atoms with E-state index in [0.717, 1.165) is 52.0 Å². The van der Waals surface area contributed by atoms with Crippen LogP contribution in [0.4, 0.5) is 0 Å². The van der Waals surface area contributed by atoms with Crippen LogP contribution >= 0.6 is 11.3 Å². The Kier molecular flexibility index (Phi) is 4.15. The topological polar surface area (TPSA) is 44.4 Å². The summed E-state index contributed by atoms with van der Waals surface area (Å²) >= 11 is 1.87. The molecule has 2 aliphatic rings. The van der Waals surface area contributed by atoms with E-state index in [1.165, 1.54) is 10.4 Å². The first kappa shape index (κ1) is 13.1. The molecule has 0 bridgehead atoms. The van der Waals surface area contributed by atoms with E-state index in [1.807, 2.05) is 11.3 Å². The average Bonchev–Trinajstić information content (AvgIpc) is 3.09. The molecule has 3 heterocycles. The Labute approximate surface area is 118 Å². The summed E-state index contributed by atoms with van der Waals surface area (Å²) < 4.78 is 0. The van der Waals surface area contributed by atoms with Crippen molar-refractivity contribution in [2.24, 2.45) is 0 Å². The number of nitrogens with zero attached hydrogens (tertiary/aromatic N) is 1. The molecule has 0 aromatic carbocycles. The van der Waals surface area contributed by atoms with E-state index in [0.29, 0.717) is 0 Å². The Morgan fingerprint density at radius 3 is 3.37 bits per heavy atom. The van der Waals surface area contributed by atoms with E-state index in [-0.39, 0.29) is 11.9 Å². The zero-order chi connectivity index (χ0) is 13.1. The molecule has 1 atom stereocenters. The van der Waals surface area contributed by atoms with Crippen molar-refractivity contribution in [2.75, 3.05) is 26.2 Å². The van der Waals surface area contributed by atoms with Crippen molar-refractivity contribution in [2.45, 2.75) is 31.8 Å². The number of fused-ring (bicyclic) bond motifs is 1. The standard InChI is InChI=1S/C14H21N3OS/c18-14(12-2-1-5-15-12)16-6-8-17-7-3-13-11(10-17)4-9-19-13/h4,9,12,15H,1-3,5-8,10H2,(H,16,18)/t12-/m0/s1. The molecule has 0 saturated carbocycles. The van der Waals surface area contributed by atoms with E-state index in [1.54, 1.807) is 0 Å². The molecule has 1 amide bonds. The molecule has 0 aliphatic carbocycles. The van der Waals surface area contributed by atoms with Gasteiger partial charge in [0.15, 0.2) is 0 Å². The predicted molar refractivity (Wildman–Crippen MR) is 77.3 cm³/mol. The van der Waals surface area contributed by atoms with Gasteiger partial charge in [0.25, 0.3) is 0 Å². The van der Waals surface area contributed by atoms with Crippen LogP contribution in [0.15, 0.2) is 11.4 Å². The van der Waals surface area contributed by atoms with Gasteiger partial charge in [-0.2, -0.15) is 0 Å². The van der Waals surface area contributed by atoms with Crippen LogP contribution in [0.5, 0.6) is 0 Å². The summed E-state index contributed by atoms with van der Waals surface area (Å²) in [6.45, 7) is 4.84. The van der Waals surface area contributed by atoms with Gasteiger partial charge in [0.2, 0.25) is 5.91 Å². The Bertz CT molecular complexity index is 440. The monoisotopic (exact) mass is 279 g/mol. The normalized spacial score (nSPS) is 23.3. The minimum absolute atomic E-state index is 0.0461. The smallest absolute Gasteiger partial charge is 0.237 e. The van der Waals surface area contributed by atoms with Gasteiger partial charge in [0.1, 0.15) is 0 Å². The summed E-state index contributed by atoms with van der Waals surface area (Å²) in [5.41, 5.74) is 1.47. The van der Waals surface area contributed by atoms with Gasteiger partial charge in [0, 0.05) is 31.1 Å². The van der Waals surface area contributed by atoms with Crippen molar-refractivity contribution in [1.82, 2.24) is 15.5 Å². The molecule has 0 radical (unpaired) electrons. The number of hydrogen-bond acceptors (Lipinski definition) is 4. The van der Waals surface area contributed by atoms with Gasteiger partial charge >= 0.3 is 0 Å². The lowest BCUT2D eigenvalue weighted by Crippen LogP contribution is -2.44. The summed E-state index contributed by atoms with van der Waals surface area (Å²) in [4.78, 5) is 15.8. The third kappa shape index (κ3) is 3.16. The van der Waals surface area contributed by atoms with Crippen LogP contribution in [0.1, 0.15) is 23.3 Å². The lowest BCUT2D eigenvalue weighted by Gasteiger charge is -2.26. The number of thiophene rings is 1. The van der Waals surface area contributed by atoms with Gasteiger partial charge in [-0.05, 0) is 42.8 Å². The molecule has 4 nitrogen and oxygen atoms in total. The van der Waals surface area contributed by atoms with Gasteiger partial charge in [-0.25, -0.2) is 0 Å². The van der Waals surface area contributed by atoms with Gasteiger partial charge in [0.05, 0.1) is 6.04 Å². The van der Waals surface area contributed by atoms with Crippen LogP contribution in [-0.4, -0.2) is 43.0 Å². The third-order valence-corrected chi connectivity index (χ3v) is 5.01. The molecular weight excluding hydrogens is 258 g/mol. The summed E-state index contributed by atoms with van der Waals surface area (Å²) in [5.74, 6) is 0.172. The van der Waals surface area contributed by atoms with Gasteiger partial charge in [-0.15, -0.1) is 11.3 Å². The zero-order valence-corrected chi connectivity index (χ0v) is 12.0. The fourth-order valence-corrected chi connectivity index (χ4v) is 3.76. The van der Waals surface area contributed by atoms with Crippen molar-refractivity contribution < 1.29 is 4.79 Å². The largest absolute Gasteiger partial charge is 0.353 e.